The molecule has 0 heterocycles. The van der Waals surface area contributed by atoms with Gasteiger partial charge >= 0.3 is 5.97 Å². The Morgan fingerprint density at radius 3 is 2.56 bits per heavy atom. The van der Waals surface area contributed by atoms with Gasteiger partial charge < -0.3 is 16.6 Å². The summed E-state index contributed by atoms with van der Waals surface area (Å²) in [6.45, 7) is 0. The molecule has 1 amide bonds. The molecule has 16 heavy (non-hydrogen) atoms. The summed E-state index contributed by atoms with van der Waals surface area (Å²) in [6, 6.07) is 4.24. The van der Waals surface area contributed by atoms with E-state index in [1.165, 1.54) is 18.2 Å². The van der Waals surface area contributed by atoms with Crippen molar-refractivity contribution in [3.8, 4) is 11.8 Å². The highest BCUT2D eigenvalue weighted by Gasteiger charge is 2.04. The smallest absolute Gasteiger partial charge is 0.335 e. The van der Waals surface area contributed by atoms with Crippen LogP contribution in [0.5, 0.6) is 0 Å². The SMILES string of the molecule is NC(=O)CC#Cc1cc(N)cc(C(=O)O)c1. The summed E-state index contributed by atoms with van der Waals surface area (Å²) in [6.07, 6.45) is -0.0722. The van der Waals surface area contributed by atoms with Gasteiger partial charge in [0.1, 0.15) is 0 Å². The van der Waals surface area contributed by atoms with Crippen LogP contribution in [0.3, 0.4) is 0 Å². The molecule has 0 aromatic heterocycles. The molecule has 5 heteroatoms. The summed E-state index contributed by atoms with van der Waals surface area (Å²) in [5, 5.41) is 8.77. The number of benzene rings is 1. The molecule has 0 spiro atoms. The average Bonchev–Trinajstić information content (AvgIpc) is 2.16. The number of carboxylic acids is 1. The monoisotopic (exact) mass is 218 g/mol. The van der Waals surface area contributed by atoms with Crippen molar-refractivity contribution in [3.05, 3.63) is 29.3 Å². The van der Waals surface area contributed by atoms with Gasteiger partial charge in [-0.1, -0.05) is 11.8 Å². The fourth-order valence-electron chi connectivity index (χ4n) is 1.08. The summed E-state index contributed by atoms with van der Waals surface area (Å²) in [5.41, 5.74) is 11.2. The van der Waals surface area contributed by atoms with Gasteiger partial charge in [0.25, 0.3) is 0 Å². The van der Waals surface area contributed by atoms with Crippen LogP contribution < -0.4 is 11.5 Å². The molecule has 1 aromatic rings. The molecule has 82 valence electrons. The lowest BCUT2D eigenvalue weighted by Crippen LogP contribution is -2.08. The number of anilines is 1. The zero-order valence-electron chi connectivity index (χ0n) is 8.36. The summed E-state index contributed by atoms with van der Waals surface area (Å²) in [5.74, 6) is 3.53. The minimum atomic E-state index is -1.08. The number of rotatable bonds is 2. The normalized spacial score (nSPS) is 9.00. The fourth-order valence-corrected chi connectivity index (χ4v) is 1.08. The Morgan fingerprint density at radius 2 is 2.00 bits per heavy atom. The number of primary amides is 1. The summed E-state index contributed by atoms with van der Waals surface area (Å²) in [4.78, 5) is 21.1. The Hall–Kier alpha value is -2.48. The lowest BCUT2D eigenvalue weighted by atomic mass is 10.1. The maximum absolute atomic E-state index is 10.7. The van der Waals surface area contributed by atoms with Gasteiger partial charge in [-0.2, -0.15) is 0 Å². The predicted molar refractivity (Wildman–Crippen MR) is 58.5 cm³/mol. The van der Waals surface area contributed by atoms with E-state index in [-0.39, 0.29) is 12.0 Å². The van der Waals surface area contributed by atoms with E-state index in [1.807, 2.05) is 0 Å². The van der Waals surface area contributed by atoms with Crippen LogP contribution in [-0.4, -0.2) is 17.0 Å². The lowest BCUT2D eigenvalue weighted by molar-refractivity contribution is -0.117. The molecule has 0 radical (unpaired) electrons. The van der Waals surface area contributed by atoms with Crippen molar-refractivity contribution in [1.82, 2.24) is 0 Å². The molecule has 0 fully saturated rings. The second-order valence-corrected chi connectivity index (χ2v) is 3.09. The standard InChI is InChI=1S/C11H10N2O3/c12-9-5-7(2-1-3-10(13)14)4-8(6-9)11(15)16/h4-6H,3,12H2,(H2,13,14)(H,15,16). The molecule has 5 N–H and O–H groups in total. The van der Waals surface area contributed by atoms with Crippen molar-refractivity contribution in [1.29, 1.82) is 0 Å². The lowest BCUT2D eigenvalue weighted by Gasteiger charge is -1.98. The number of nitrogen functional groups attached to an aromatic ring is 1. The maximum atomic E-state index is 10.7. The van der Waals surface area contributed by atoms with Crippen molar-refractivity contribution in [2.45, 2.75) is 6.42 Å². The molecule has 0 aliphatic rings. The van der Waals surface area contributed by atoms with E-state index in [0.717, 1.165) is 0 Å². The van der Waals surface area contributed by atoms with Gasteiger partial charge in [-0.25, -0.2) is 4.79 Å². The van der Waals surface area contributed by atoms with Crippen LogP contribution in [0.25, 0.3) is 0 Å². The third-order valence-electron chi connectivity index (χ3n) is 1.70. The van der Waals surface area contributed by atoms with Crippen LogP contribution in [-0.2, 0) is 4.79 Å². The molecule has 1 aromatic carbocycles. The Kier molecular flexibility index (Phi) is 3.51. The highest BCUT2D eigenvalue weighted by atomic mass is 16.4. The van der Waals surface area contributed by atoms with Crippen molar-refractivity contribution in [2.75, 3.05) is 5.73 Å². The van der Waals surface area contributed by atoms with Gasteiger partial charge in [-0.15, -0.1) is 0 Å². The van der Waals surface area contributed by atoms with Crippen LogP contribution in [0.4, 0.5) is 5.69 Å². The molecule has 0 bridgehead atoms. The molecular weight excluding hydrogens is 208 g/mol. The van der Waals surface area contributed by atoms with Crippen molar-refractivity contribution >= 4 is 17.6 Å². The minimum Gasteiger partial charge on any atom is -0.478 e. The molecule has 0 unspecified atom stereocenters. The van der Waals surface area contributed by atoms with E-state index in [0.29, 0.717) is 11.3 Å². The highest BCUT2D eigenvalue weighted by Crippen LogP contribution is 2.11. The van der Waals surface area contributed by atoms with Gasteiger partial charge in [0.05, 0.1) is 12.0 Å². The van der Waals surface area contributed by atoms with Crippen LogP contribution in [0, 0.1) is 11.8 Å². The van der Waals surface area contributed by atoms with Crippen LogP contribution in [0.1, 0.15) is 22.3 Å². The zero-order valence-corrected chi connectivity index (χ0v) is 8.36. The first kappa shape index (κ1) is 11.6. The zero-order chi connectivity index (χ0) is 12.1. The number of aromatic carboxylic acids is 1. The molecule has 0 saturated heterocycles. The number of carbonyl (C=O) groups is 2. The Bertz CT molecular complexity index is 498. The Labute approximate surface area is 92.1 Å². The largest absolute Gasteiger partial charge is 0.478 e. The topological polar surface area (TPSA) is 106 Å². The van der Waals surface area contributed by atoms with Crippen LogP contribution in [0.2, 0.25) is 0 Å². The number of amides is 1. The summed E-state index contributed by atoms with van der Waals surface area (Å²) in [7, 11) is 0. The predicted octanol–water partition coefficient (Wildman–Crippen LogP) is 0.194. The molecular formula is C11H10N2O3. The van der Waals surface area contributed by atoms with Crippen molar-refractivity contribution in [3.63, 3.8) is 0 Å². The second kappa shape index (κ2) is 4.84. The quantitative estimate of drug-likeness (QED) is 0.486. The third kappa shape index (κ3) is 3.35. The van der Waals surface area contributed by atoms with Crippen LogP contribution in [0.15, 0.2) is 18.2 Å². The highest BCUT2D eigenvalue weighted by molar-refractivity contribution is 5.89. The first-order chi connectivity index (χ1) is 7.49. The minimum absolute atomic E-state index is 0.0587. The number of hydrogen-bond donors (Lipinski definition) is 3. The number of hydrogen-bond acceptors (Lipinski definition) is 3. The van der Waals surface area contributed by atoms with E-state index in [9.17, 15) is 9.59 Å². The molecule has 0 atom stereocenters. The fraction of sp³-hybridized carbons (Fsp3) is 0.0909. The number of nitrogens with two attached hydrogens (primary N) is 2. The van der Waals surface area contributed by atoms with Crippen molar-refractivity contribution < 1.29 is 14.7 Å². The summed E-state index contributed by atoms with van der Waals surface area (Å²) < 4.78 is 0. The summed E-state index contributed by atoms with van der Waals surface area (Å²) >= 11 is 0. The second-order valence-electron chi connectivity index (χ2n) is 3.09. The number of carbonyl (C=O) groups excluding carboxylic acids is 1. The average molecular weight is 218 g/mol. The van der Waals surface area contributed by atoms with Gasteiger partial charge in [0, 0.05) is 11.3 Å². The first-order valence-electron chi connectivity index (χ1n) is 4.40. The van der Waals surface area contributed by atoms with Gasteiger partial charge in [-0.05, 0) is 18.2 Å². The van der Waals surface area contributed by atoms with E-state index < -0.39 is 11.9 Å². The number of carboxylic acid groups (broad SMARTS) is 1. The van der Waals surface area contributed by atoms with Crippen molar-refractivity contribution in [2.24, 2.45) is 5.73 Å². The first-order valence-corrected chi connectivity index (χ1v) is 4.40. The van der Waals surface area contributed by atoms with E-state index in [4.69, 9.17) is 16.6 Å². The van der Waals surface area contributed by atoms with Crippen LogP contribution >= 0.6 is 0 Å². The molecule has 0 saturated carbocycles. The maximum Gasteiger partial charge on any atom is 0.335 e. The molecule has 5 nitrogen and oxygen atoms in total. The van der Waals surface area contributed by atoms with Gasteiger partial charge in [0.2, 0.25) is 5.91 Å². The third-order valence-corrected chi connectivity index (χ3v) is 1.70. The van der Waals surface area contributed by atoms with E-state index in [1.54, 1.807) is 0 Å². The van der Waals surface area contributed by atoms with E-state index in [2.05, 4.69) is 11.8 Å². The molecule has 0 aliphatic heterocycles. The van der Waals surface area contributed by atoms with Gasteiger partial charge in [-0.3, -0.25) is 4.79 Å². The Balaban J connectivity index is 2.99. The van der Waals surface area contributed by atoms with E-state index >= 15 is 0 Å². The Morgan fingerprint density at radius 1 is 1.31 bits per heavy atom. The molecule has 0 aliphatic carbocycles. The molecule has 1 rings (SSSR count). The van der Waals surface area contributed by atoms with Gasteiger partial charge in [0.15, 0.2) is 0 Å².